The van der Waals surface area contributed by atoms with Gasteiger partial charge in [-0.1, -0.05) is 18.2 Å². The third-order valence-electron chi connectivity index (χ3n) is 5.44. The van der Waals surface area contributed by atoms with E-state index in [0.717, 1.165) is 6.07 Å². The molecule has 4 atom stereocenters. The molecule has 0 bridgehead atoms. The van der Waals surface area contributed by atoms with Crippen LogP contribution in [0.15, 0.2) is 24.3 Å². The lowest BCUT2D eigenvalue weighted by atomic mass is 10.0. The van der Waals surface area contributed by atoms with Crippen LogP contribution in [0.25, 0.3) is 0 Å². The van der Waals surface area contributed by atoms with Crippen LogP contribution in [0.3, 0.4) is 0 Å². The number of alkyl halides is 3. The molecule has 160 valence electrons. The van der Waals surface area contributed by atoms with Gasteiger partial charge in [-0.15, -0.1) is 0 Å². The van der Waals surface area contributed by atoms with Crippen LogP contribution in [0.5, 0.6) is 0 Å². The molecule has 3 rings (SSSR count). The molecule has 6 nitrogen and oxygen atoms in total. The zero-order valence-electron chi connectivity index (χ0n) is 15.8. The lowest BCUT2D eigenvalue weighted by molar-refractivity contribution is -0.138. The second-order valence-corrected chi connectivity index (χ2v) is 10.0. The van der Waals surface area contributed by atoms with E-state index < -0.39 is 51.3 Å². The lowest BCUT2D eigenvalue weighted by Crippen LogP contribution is -2.46. The lowest BCUT2D eigenvalue weighted by Gasteiger charge is -2.16. The van der Waals surface area contributed by atoms with Crippen molar-refractivity contribution in [2.24, 2.45) is 11.8 Å². The number of carbonyl (C=O) groups excluding carboxylic acids is 2. The standard InChI is InChI=1S/C19H23F3N2O4S/c1-11(17(25)23-9-12-6-7-29(27,28)10-12)24-18(26)15-8-14(15)13-4-2-3-5-16(13)19(20,21)22/h2-5,11-12,14-15H,6-10H2,1H3,(H,23,25)(H,24,26). The molecule has 1 aliphatic heterocycles. The van der Waals surface area contributed by atoms with Gasteiger partial charge in [-0.25, -0.2) is 8.42 Å². The van der Waals surface area contributed by atoms with Gasteiger partial charge in [0.05, 0.1) is 17.1 Å². The van der Waals surface area contributed by atoms with Crippen LogP contribution in [0.1, 0.15) is 36.8 Å². The van der Waals surface area contributed by atoms with Crippen molar-refractivity contribution in [3.63, 3.8) is 0 Å². The normalized spacial score (nSPS) is 26.6. The minimum absolute atomic E-state index is 0.0381. The molecule has 2 aliphatic rings. The Morgan fingerprint density at radius 1 is 1.24 bits per heavy atom. The van der Waals surface area contributed by atoms with Crippen molar-refractivity contribution < 1.29 is 31.2 Å². The van der Waals surface area contributed by atoms with E-state index in [1.807, 2.05) is 0 Å². The average Bonchev–Trinajstić information content (AvgIpc) is 3.36. The number of carbonyl (C=O) groups is 2. The molecule has 0 spiro atoms. The Morgan fingerprint density at radius 2 is 1.93 bits per heavy atom. The number of halogens is 3. The molecule has 2 N–H and O–H groups in total. The first-order valence-electron chi connectivity index (χ1n) is 9.42. The first-order chi connectivity index (χ1) is 13.5. The van der Waals surface area contributed by atoms with Gasteiger partial charge >= 0.3 is 6.18 Å². The predicted molar refractivity (Wildman–Crippen MR) is 99.7 cm³/mol. The van der Waals surface area contributed by atoms with Gasteiger partial charge in [0.1, 0.15) is 6.04 Å². The van der Waals surface area contributed by atoms with Crippen LogP contribution in [-0.4, -0.2) is 44.3 Å². The maximum atomic E-state index is 13.2. The molecule has 0 radical (unpaired) electrons. The topological polar surface area (TPSA) is 92.3 Å². The van der Waals surface area contributed by atoms with Crippen molar-refractivity contribution >= 4 is 21.7 Å². The third-order valence-corrected chi connectivity index (χ3v) is 7.27. The highest BCUT2D eigenvalue weighted by atomic mass is 32.2. The van der Waals surface area contributed by atoms with Crippen molar-refractivity contribution in [2.75, 3.05) is 18.1 Å². The fourth-order valence-corrected chi connectivity index (χ4v) is 5.59. The molecule has 29 heavy (non-hydrogen) atoms. The molecule has 1 aromatic carbocycles. The summed E-state index contributed by atoms with van der Waals surface area (Å²) in [5, 5.41) is 5.17. The minimum atomic E-state index is -4.49. The molecule has 10 heteroatoms. The van der Waals surface area contributed by atoms with E-state index >= 15 is 0 Å². The summed E-state index contributed by atoms with van der Waals surface area (Å²) in [6.07, 6.45) is -3.69. The van der Waals surface area contributed by atoms with Gasteiger partial charge in [-0.3, -0.25) is 9.59 Å². The fourth-order valence-electron chi connectivity index (χ4n) is 3.72. The van der Waals surface area contributed by atoms with E-state index in [4.69, 9.17) is 0 Å². The molecule has 1 saturated carbocycles. The van der Waals surface area contributed by atoms with E-state index in [2.05, 4.69) is 10.6 Å². The maximum Gasteiger partial charge on any atom is 0.416 e. The molecule has 1 saturated heterocycles. The first-order valence-corrected chi connectivity index (χ1v) is 11.2. The number of hydrogen-bond acceptors (Lipinski definition) is 4. The largest absolute Gasteiger partial charge is 0.416 e. The summed E-state index contributed by atoms with van der Waals surface area (Å²) >= 11 is 0. The van der Waals surface area contributed by atoms with Gasteiger partial charge in [0.25, 0.3) is 0 Å². The molecular weight excluding hydrogens is 409 g/mol. The van der Waals surface area contributed by atoms with Crippen LogP contribution >= 0.6 is 0 Å². The average molecular weight is 432 g/mol. The maximum absolute atomic E-state index is 13.2. The highest BCUT2D eigenvalue weighted by Gasteiger charge is 2.48. The van der Waals surface area contributed by atoms with E-state index in [-0.39, 0.29) is 29.5 Å². The fraction of sp³-hybridized carbons (Fsp3) is 0.579. The third kappa shape index (κ3) is 5.29. The number of rotatable bonds is 6. The van der Waals surface area contributed by atoms with E-state index in [0.29, 0.717) is 12.8 Å². The van der Waals surface area contributed by atoms with Crippen LogP contribution < -0.4 is 10.6 Å². The predicted octanol–water partition coefficient (Wildman–Crippen LogP) is 1.86. The minimum Gasteiger partial charge on any atom is -0.354 e. The van der Waals surface area contributed by atoms with E-state index in [9.17, 15) is 31.2 Å². The van der Waals surface area contributed by atoms with Gasteiger partial charge in [0.15, 0.2) is 9.84 Å². The monoisotopic (exact) mass is 432 g/mol. The van der Waals surface area contributed by atoms with Gasteiger partial charge in [-0.05, 0) is 43.2 Å². The Balaban J connectivity index is 1.51. The Kier molecular flexibility index (Phi) is 5.93. The van der Waals surface area contributed by atoms with Gasteiger partial charge in [0.2, 0.25) is 11.8 Å². The van der Waals surface area contributed by atoms with Crippen molar-refractivity contribution in [1.82, 2.24) is 10.6 Å². The van der Waals surface area contributed by atoms with Crippen molar-refractivity contribution in [1.29, 1.82) is 0 Å². The number of amides is 2. The Bertz CT molecular complexity index is 901. The zero-order chi connectivity index (χ0) is 21.4. The van der Waals surface area contributed by atoms with Crippen molar-refractivity contribution in [3.8, 4) is 0 Å². The van der Waals surface area contributed by atoms with Crippen LogP contribution in [-0.2, 0) is 25.6 Å². The zero-order valence-corrected chi connectivity index (χ0v) is 16.6. The Morgan fingerprint density at radius 3 is 2.55 bits per heavy atom. The Hall–Kier alpha value is -2.10. The van der Waals surface area contributed by atoms with Gasteiger partial charge in [0, 0.05) is 12.5 Å². The number of nitrogens with one attached hydrogen (secondary N) is 2. The van der Waals surface area contributed by atoms with Crippen LogP contribution in [0.2, 0.25) is 0 Å². The molecule has 1 aliphatic carbocycles. The summed E-state index contributed by atoms with van der Waals surface area (Å²) in [7, 11) is -3.03. The molecule has 1 aromatic rings. The van der Waals surface area contributed by atoms with Gasteiger partial charge < -0.3 is 10.6 Å². The van der Waals surface area contributed by atoms with E-state index in [1.165, 1.54) is 25.1 Å². The molecule has 2 amide bonds. The number of benzene rings is 1. The van der Waals surface area contributed by atoms with E-state index in [1.54, 1.807) is 0 Å². The smallest absolute Gasteiger partial charge is 0.354 e. The second kappa shape index (κ2) is 7.97. The summed E-state index contributed by atoms with van der Waals surface area (Å²) < 4.78 is 62.3. The SMILES string of the molecule is CC(NC(=O)C1CC1c1ccccc1C(F)(F)F)C(=O)NCC1CCS(=O)(=O)C1. The summed E-state index contributed by atoms with van der Waals surface area (Å²) in [6.45, 7) is 1.70. The van der Waals surface area contributed by atoms with Crippen LogP contribution in [0.4, 0.5) is 13.2 Å². The Labute approximate surface area is 167 Å². The highest BCUT2D eigenvalue weighted by molar-refractivity contribution is 7.91. The molecule has 2 fully saturated rings. The quantitative estimate of drug-likeness (QED) is 0.718. The van der Waals surface area contributed by atoms with Crippen molar-refractivity contribution in [3.05, 3.63) is 35.4 Å². The molecule has 0 aromatic heterocycles. The second-order valence-electron chi connectivity index (χ2n) is 7.78. The summed E-state index contributed by atoms with van der Waals surface area (Å²) in [6, 6.07) is 4.34. The molecular formula is C19H23F3N2O4S. The molecule has 1 heterocycles. The van der Waals surface area contributed by atoms with Crippen molar-refractivity contribution in [2.45, 2.75) is 37.9 Å². The first kappa shape index (κ1) is 21.6. The summed E-state index contributed by atoms with van der Waals surface area (Å²) in [4.78, 5) is 24.5. The highest BCUT2D eigenvalue weighted by Crippen LogP contribution is 2.51. The number of hydrogen-bond donors (Lipinski definition) is 2. The number of sulfone groups is 1. The van der Waals surface area contributed by atoms with Crippen LogP contribution in [0, 0.1) is 11.8 Å². The summed E-state index contributed by atoms with van der Waals surface area (Å²) in [5.41, 5.74) is -0.641. The summed E-state index contributed by atoms with van der Waals surface area (Å²) in [5.74, 6) is -2.02. The van der Waals surface area contributed by atoms with Gasteiger partial charge in [-0.2, -0.15) is 13.2 Å². The molecule has 4 unspecified atom stereocenters.